The predicted molar refractivity (Wildman–Crippen MR) is 41.9 cm³/mol. The predicted octanol–water partition coefficient (Wildman–Crippen LogP) is 2.32. The Kier molecular flexibility index (Phi) is 4.41. The third-order valence-corrected chi connectivity index (χ3v) is 0.836. The highest BCUT2D eigenvalue weighted by Gasteiger charge is 1.77. The minimum Gasteiger partial charge on any atom is -0.308 e. The Morgan fingerprint density at radius 2 is 2.22 bits per heavy atom. The molecular weight excluding hydrogens is 110 g/mol. The van der Waals surface area contributed by atoms with E-state index in [0.29, 0.717) is 0 Å². The van der Waals surface area contributed by atoms with Crippen LogP contribution in [0.5, 0.6) is 0 Å². The van der Waals surface area contributed by atoms with Gasteiger partial charge in [-0.25, -0.2) is 0 Å². The van der Waals surface area contributed by atoms with Gasteiger partial charge in [0.05, 0.1) is 0 Å². The second-order valence-electron chi connectivity index (χ2n) is 1.55. The van der Waals surface area contributed by atoms with Crippen LogP contribution in [0.2, 0.25) is 0 Å². The molecule has 0 heterocycles. The molecule has 0 aromatic heterocycles. The maximum Gasteiger partial charge on any atom is 0.0250 e. The van der Waals surface area contributed by atoms with E-state index in [1.807, 2.05) is 19.1 Å². The van der Waals surface area contributed by atoms with Gasteiger partial charge in [0.25, 0.3) is 0 Å². The molecule has 0 spiro atoms. The lowest BCUT2D eigenvalue weighted by molar-refractivity contribution is 1.55. The smallest absolute Gasteiger partial charge is 0.0250 e. The van der Waals surface area contributed by atoms with Gasteiger partial charge in [0.1, 0.15) is 0 Å². The van der Waals surface area contributed by atoms with Crippen molar-refractivity contribution in [3.63, 3.8) is 0 Å². The molecule has 0 aliphatic carbocycles. The second kappa shape index (κ2) is 5.04. The van der Waals surface area contributed by atoms with Crippen molar-refractivity contribution in [2.45, 2.75) is 6.92 Å². The van der Waals surface area contributed by atoms with Crippen LogP contribution in [0.3, 0.4) is 0 Å². The van der Waals surface area contributed by atoms with Crippen molar-refractivity contribution in [3.05, 3.63) is 36.5 Å². The Labute approximate surface area is 55.9 Å². The van der Waals surface area contributed by atoms with Gasteiger partial charge in [-0.3, -0.25) is 0 Å². The summed E-state index contributed by atoms with van der Waals surface area (Å²) in [5.41, 5.74) is 0.868. The average Bonchev–Trinajstić information content (AvgIpc) is 1.88. The normalized spacial score (nSPS) is 11.9. The molecule has 0 bridgehead atoms. The van der Waals surface area contributed by atoms with Crippen molar-refractivity contribution >= 4 is 6.21 Å². The van der Waals surface area contributed by atoms with Crippen LogP contribution >= 0.6 is 0 Å². The van der Waals surface area contributed by atoms with E-state index in [1.54, 1.807) is 12.2 Å². The monoisotopic (exact) mass is 121 g/mol. The summed E-state index contributed by atoms with van der Waals surface area (Å²) in [4.78, 5) is 0. The van der Waals surface area contributed by atoms with E-state index in [9.17, 15) is 0 Å². The van der Waals surface area contributed by atoms with Crippen LogP contribution in [0, 0.1) is 5.41 Å². The number of rotatable bonds is 3. The summed E-state index contributed by atoms with van der Waals surface area (Å²) in [5, 5.41) is 6.87. The van der Waals surface area contributed by atoms with Crippen molar-refractivity contribution < 1.29 is 0 Å². The fraction of sp³-hybridized carbons (Fsp3) is 0.125. The lowest BCUT2D eigenvalue weighted by Crippen LogP contribution is -1.74. The SMILES string of the molecule is C=C/C=C(C=N)\C=C/C. The van der Waals surface area contributed by atoms with E-state index in [1.165, 1.54) is 6.21 Å². The first-order chi connectivity index (χ1) is 4.35. The molecule has 0 aliphatic rings. The van der Waals surface area contributed by atoms with Crippen molar-refractivity contribution in [1.82, 2.24) is 0 Å². The molecule has 0 unspecified atom stereocenters. The van der Waals surface area contributed by atoms with E-state index < -0.39 is 0 Å². The Morgan fingerprint density at radius 3 is 2.56 bits per heavy atom. The summed E-state index contributed by atoms with van der Waals surface area (Å²) in [5.74, 6) is 0. The topological polar surface area (TPSA) is 23.9 Å². The van der Waals surface area contributed by atoms with E-state index in [4.69, 9.17) is 5.41 Å². The third kappa shape index (κ3) is 3.47. The molecule has 0 saturated heterocycles. The standard InChI is InChI=1S/C8H11N/c1-3-5-8(7-9)6-4-2/h3-7,9H,1H2,2H3/b6-4-,8-5+,9-7?. The van der Waals surface area contributed by atoms with Gasteiger partial charge in [-0.1, -0.05) is 30.9 Å². The largest absolute Gasteiger partial charge is 0.308 e. The van der Waals surface area contributed by atoms with Gasteiger partial charge in [-0.15, -0.1) is 0 Å². The molecule has 1 nitrogen and oxygen atoms in total. The quantitative estimate of drug-likeness (QED) is 0.437. The summed E-state index contributed by atoms with van der Waals surface area (Å²) in [6.07, 6.45) is 8.49. The van der Waals surface area contributed by atoms with Gasteiger partial charge >= 0.3 is 0 Å². The molecule has 0 amide bonds. The van der Waals surface area contributed by atoms with Crippen molar-refractivity contribution in [2.24, 2.45) is 0 Å². The van der Waals surface area contributed by atoms with Gasteiger partial charge in [0.2, 0.25) is 0 Å². The number of hydrogen-bond acceptors (Lipinski definition) is 1. The number of allylic oxidation sites excluding steroid dienone is 5. The van der Waals surface area contributed by atoms with Gasteiger partial charge < -0.3 is 5.41 Å². The Bertz CT molecular complexity index is 152. The van der Waals surface area contributed by atoms with E-state index in [0.717, 1.165) is 5.57 Å². The Hall–Kier alpha value is -1.11. The highest BCUT2D eigenvalue weighted by molar-refractivity contribution is 5.80. The van der Waals surface area contributed by atoms with Crippen LogP contribution in [0.15, 0.2) is 36.5 Å². The molecule has 1 N–H and O–H groups in total. The van der Waals surface area contributed by atoms with E-state index in [2.05, 4.69) is 6.58 Å². The van der Waals surface area contributed by atoms with Crippen molar-refractivity contribution in [1.29, 1.82) is 5.41 Å². The fourth-order valence-electron chi connectivity index (χ4n) is 0.480. The summed E-state index contributed by atoms with van der Waals surface area (Å²) < 4.78 is 0. The third-order valence-electron chi connectivity index (χ3n) is 0.836. The summed E-state index contributed by atoms with van der Waals surface area (Å²) in [6, 6.07) is 0. The van der Waals surface area contributed by atoms with Gasteiger partial charge in [-0.05, 0) is 12.5 Å². The molecular formula is C8H11N. The first-order valence-electron chi connectivity index (χ1n) is 2.81. The molecule has 9 heavy (non-hydrogen) atoms. The maximum absolute atomic E-state index is 6.87. The summed E-state index contributed by atoms with van der Waals surface area (Å²) >= 11 is 0. The molecule has 0 aromatic carbocycles. The second-order valence-corrected chi connectivity index (χ2v) is 1.55. The van der Waals surface area contributed by atoms with E-state index in [-0.39, 0.29) is 0 Å². The molecule has 0 rings (SSSR count). The van der Waals surface area contributed by atoms with Crippen molar-refractivity contribution in [3.8, 4) is 0 Å². The number of nitrogens with one attached hydrogen (secondary N) is 1. The fourth-order valence-corrected chi connectivity index (χ4v) is 0.480. The van der Waals surface area contributed by atoms with E-state index >= 15 is 0 Å². The van der Waals surface area contributed by atoms with Crippen LogP contribution in [0.25, 0.3) is 0 Å². The maximum atomic E-state index is 6.87. The molecule has 0 aliphatic heterocycles. The lowest BCUT2D eigenvalue weighted by Gasteiger charge is -1.84. The molecule has 0 saturated carbocycles. The Balaban J connectivity index is 4.13. The van der Waals surface area contributed by atoms with Crippen LogP contribution in [0.4, 0.5) is 0 Å². The van der Waals surface area contributed by atoms with Gasteiger partial charge in [-0.2, -0.15) is 0 Å². The Morgan fingerprint density at radius 1 is 1.56 bits per heavy atom. The number of hydrogen-bond donors (Lipinski definition) is 1. The minimum absolute atomic E-state index is 0.868. The van der Waals surface area contributed by atoms with Crippen molar-refractivity contribution in [2.75, 3.05) is 0 Å². The van der Waals surface area contributed by atoms with Crippen LogP contribution in [-0.2, 0) is 0 Å². The zero-order valence-corrected chi connectivity index (χ0v) is 5.59. The first kappa shape index (κ1) is 7.89. The molecule has 0 atom stereocenters. The zero-order valence-electron chi connectivity index (χ0n) is 5.59. The molecule has 0 radical (unpaired) electrons. The van der Waals surface area contributed by atoms with Crippen LogP contribution in [0.1, 0.15) is 6.92 Å². The molecule has 0 aromatic rings. The summed E-state index contributed by atoms with van der Waals surface area (Å²) in [7, 11) is 0. The highest BCUT2D eigenvalue weighted by atomic mass is 14.3. The van der Waals surface area contributed by atoms with Gasteiger partial charge in [0, 0.05) is 6.21 Å². The molecule has 48 valence electrons. The highest BCUT2D eigenvalue weighted by Crippen LogP contribution is 1.91. The lowest BCUT2D eigenvalue weighted by atomic mass is 10.2. The van der Waals surface area contributed by atoms with Crippen LogP contribution < -0.4 is 0 Å². The minimum atomic E-state index is 0.868. The first-order valence-corrected chi connectivity index (χ1v) is 2.81. The van der Waals surface area contributed by atoms with Gasteiger partial charge in [0.15, 0.2) is 0 Å². The molecule has 0 fully saturated rings. The van der Waals surface area contributed by atoms with Crippen LogP contribution in [-0.4, -0.2) is 6.21 Å². The average molecular weight is 121 g/mol. The molecule has 1 heteroatoms. The zero-order chi connectivity index (χ0) is 7.11. The summed E-state index contributed by atoms with van der Waals surface area (Å²) in [6.45, 7) is 5.43.